The van der Waals surface area contributed by atoms with Gasteiger partial charge in [-0.2, -0.15) is 5.10 Å². The van der Waals surface area contributed by atoms with Crippen molar-refractivity contribution in [2.75, 3.05) is 11.1 Å². The summed E-state index contributed by atoms with van der Waals surface area (Å²) in [4.78, 5) is 16.1. The highest BCUT2D eigenvalue weighted by atomic mass is 16.2. The van der Waals surface area contributed by atoms with Crippen LogP contribution in [0, 0.1) is 6.92 Å². The zero-order chi connectivity index (χ0) is 13.4. The summed E-state index contributed by atoms with van der Waals surface area (Å²) in [6.45, 7) is 1.90. The van der Waals surface area contributed by atoms with Crippen LogP contribution in [0.15, 0.2) is 18.5 Å². The lowest BCUT2D eigenvalue weighted by Crippen LogP contribution is -2.15. The molecule has 2 aromatic rings. The molecule has 3 rings (SSSR count). The van der Waals surface area contributed by atoms with Gasteiger partial charge < -0.3 is 11.1 Å². The minimum Gasteiger partial charge on any atom is -0.395 e. The molecule has 1 aliphatic carbocycles. The number of aromatic amines is 1. The van der Waals surface area contributed by atoms with Gasteiger partial charge in [0.25, 0.3) is 5.91 Å². The lowest BCUT2D eigenvalue weighted by Gasteiger charge is -2.06. The second kappa shape index (κ2) is 4.38. The maximum atomic E-state index is 12.1. The zero-order valence-electron chi connectivity index (χ0n) is 10.6. The number of nitrogens with zero attached hydrogens (tertiary/aromatic N) is 2. The van der Waals surface area contributed by atoms with Crippen LogP contribution >= 0.6 is 0 Å². The number of aryl methyl sites for hydroxylation is 1. The molecule has 0 saturated heterocycles. The second-order valence-electron chi connectivity index (χ2n) is 4.82. The van der Waals surface area contributed by atoms with Crippen molar-refractivity contribution >= 4 is 17.3 Å². The normalized spacial score (nSPS) is 14.4. The number of amides is 1. The Kier molecular flexibility index (Phi) is 2.70. The van der Waals surface area contributed by atoms with E-state index in [0.29, 0.717) is 17.3 Å². The molecule has 1 fully saturated rings. The van der Waals surface area contributed by atoms with Crippen LogP contribution in [0.5, 0.6) is 0 Å². The van der Waals surface area contributed by atoms with E-state index in [1.54, 1.807) is 12.4 Å². The molecule has 0 bridgehead atoms. The van der Waals surface area contributed by atoms with Gasteiger partial charge in [-0.1, -0.05) is 0 Å². The van der Waals surface area contributed by atoms with Crippen LogP contribution in [0.1, 0.15) is 40.5 Å². The Bertz CT molecular complexity index is 630. The van der Waals surface area contributed by atoms with E-state index < -0.39 is 0 Å². The predicted molar refractivity (Wildman–Crippen MR) is 71.9 cm³/mol. The smallest absolute Gasteiger partial charge is 0.278 e. The molecule has 1 saturated carbocycles. The first-order chi connectivity index (χ1) is 9.16. The molecule has 0 aliphatic heterocycles. The number of H-pyrrole nitrogens is 1. The third kappa shape index (κ3) is 2.16. The van der Waals surface area contributed by atoms with E-state index >= 15 is 0 Å². The molecule has 2 aromatic heterocycles. The molecule has 19 heavy (non-hydrogen) atoms. The Hall–Kier alpha value is -2.37. The number of carbonyl (C=O) groups is 1. The first kappa shape index (κ1) is 11.7. The lowest BCUT2D eigenvalue weighted by atomic mass is 10.2. The third-order valence-electron chi connectivity index (χ3n) is 3.32. The van der Waals surface area contributed by atoms with Gasteiger partial charge in [-0.25, -0.2) is 0 Å². The van der Waals surface area contributed by atoms with Crippen LogP contribution in [-0.2, 0) is 0 Å². The minimum absolute atomic E-state index is 0.255. The molecule has 0 radical (unpaired) electrons. The second-order valence-corrected chi connectivity index (χ2v) is 4.82. The summed E-state index contributed by atoms with van der Waals surface area (Å²) in [6.07, 6.45) is 5.50. The summed E-state index contributed by atoms with van der Waals surface area (Å²) in [5.41, 5.74) is 9.18. The number of aromatic nitrogens is 3. The van der Waals surface area contributed by atoms with E-state index in [9.17, 15) is 4.79 Å². The Labute approximate surface area is 110 Å². The number of nitrogens with two attached hydrogens (primary N) is 1. The number of nitrogen functional groups attached to an aromatic ring is 1. The van der Waals surface area contributed by atoms with Gasteiger partial charge in [-0.15, -0.1) is 0 Å². The van der Waals surface area contributed by atoms with Crippen molar-refractivity contribution in [3.05, 3.63) is 35.4 Å². The molecule has 4 N–H and O–H groups in total. The van der Waals surface area contributed by atoms with Crippen LogP contribution in [0.4, 0.5) is 11.4 Å². The summed E-state index contributed by atoms with van der Waals surface area (Å²) in [7, 11) is 0. The van der Waals surface area contributed by atoms with Crippen molar-refractivity contribution in [2.45, 2.75) is 25.7 Å². The number of hydrogen-bond acceptors (Lipinski definition) is 4. The number of pyridine rings is 1. The molecular formula is C13H15N5O. The van der Waals surface area contributed by atoms with E-state index in [4.69, 9.17) is 5.73 Å². The Balaban J connectivity index is 1.82. The quantitative estimate of drug-likeness (QED) is 0.781. The number of carbonyl (C=O) groups excluding carboxylic acids is 1. The van der Waals surface area contributed by atoms with Gasteiger partial charge in [0.05, 0.1) is 23.3 Å². The van der Waals surface area contributed by atoms with Crippen LogP contribution in [0.25, 0.3) is 0 Å². The largest absolute Gasteiger partial charge is 0.395 e. The summed E-state index contributed by atoms with van der Waals surface area (Å²) < 4.78 is 0. The van der Waals surface area contributed by atoms with Gasteiger partial charge >= 0.3 is 0 Å². The summed E-state index contributed by atoms with van der Waals surface area (Å²) in [5.74, 6) is 0.130. The van der Waals surface area contributed by atoms with Crippen molar-refractivity contribution in [3.63, 3.8) is 0 Å². The summed E-state index contributed by atoms with van der Waals surface area (Å²) >= 11 is 0. The van der Waals surface area contributed by atoms with Crippen molar-refractivity contribution in [1.29, 1.82) is 0 Å². The van der Waals surface area contributed by atoms with E-state index in [2.05, 4.69) is 20.5 Å². The van der Waals surface area contributed by atoms with E-state index in [1.165, 1.54) is 0 Å². The van der Waals surface area contributed by atoms with Crippen LogP contribution < -0.4 is 11.1 Å². The average Bonchev–Trinajstić information content (AvgIpc) is 3.15. The average molecular weight is 257 g/mol. The third-order valence-corrected chi connectivity index (χ3v) is 3.32. The maximum absolute atomic E-state index is 12.1. The minimum atomic E-state index is -0.309. The molecule has 0 spiro atoms. The SMILES string of the molecule is Cc1ccncc1NC(=O)c1n[nH]c(C2CC2)c1N. The number of hydrogen-bond donors (Lipinski definition) is 3. The number of rotatable bonds is 3. The number of anilines is 2. The number of nitrogens with one attached hydrogen (secondary N) is 2. The molecule has 6 heteroatoms. The van der Waals surface area contributed by atoms with E-state index in [0.717, 1.165) is 24.1 Å². The molecule has 1 amide bonds. The Morgan fingerprint density at radius 2 is 2.32 bits per heavy atom. The van der Waals surface area contributed by atoms with E-state index in [-0.39, 0.29) is 11.6 Å². The van der Waals surface area contributed by atoms with Crippen molar-refractivity contribution in [2.24, 2.45) is 0 Å². The van der Waals surface area contributed by atoms with Gasteiger partial charge in [-0.3, -0.25) is 14.9 Å². The van der Waals surface area contributed by atoms with Crippen molar-refractivity contribution in [1.82, 2.24) is 15.2 Å². The molecule has 2 heterocycles. The Morgan fingerprint density at radius 1 is 1.53 bits per heavy atom. The van der Waals surface area contributed by atoms with Gasteiger partial charge in [0.1, 0.15) is 0 Å². The van der Waals surface area contributed by atoms with Gasteiger partial charge in [0, 0.05) is 12.1 Å². The first-order valence-electron chi connectivity index (χ1n) is 6.22. The van der Waals surface area contributed by atoms with Crippen LogP contribution in [-0.4, -0.2) is 21.1 Å². The van der Waals surface area contributed by atoms with Crippen molar-refractivity contribution < 1.29 is 4.79 Å². The molecule has 0 aromatic carbocycles. The monoisotopic (exact) mass is 257 g/mol. The maximum Gasteiger partial charge on any atom is 0.278 e. The fourth-order valence-corrected chi connectivity index (χ4v) is 2.00. The lowest BCUT2D eigenvalue weighted by molar-refractivity contribution is 0.102. The topological polar surface area (TPSA) is 96.7 Å². The van der Waals surface area contributed by atoms with Crippen LogP contribution in [0.2, 0.25) is 0 Å². The van der Waals surface area contributed by atoms with Gasteiger partial charge in [-0.05, 0) is 31.4 Å². The van der Waals surface area contributed by atoms with E-state index in [1.807, 2.05) is 13.0 Å². The molecule has 1 aliphatic rings. The highest BCUT2D eigenvalue weighted by Crippen LogP contribution is 2.42. The highest BCUT2D eigenvalue weighted by molar-refractivity contribution is 6.06. The van der Waals surface area contributed by atoms with Crippen molar-refractivity contribution in [3.8, 4) is 0 Å². The van der Waals surface area contributed by atoms with Gasteiger partial charge in [0.15, 0.2) is 5.69 Å². The standard InChI is InChI=1S/C13H15N5O/c1-7-4-5-15-6-9(7)16-13(19)12-10(14)11(17-18-12)8-2-3-8/h4-6,8H,2-3,14H2,1H3,(H,16,19)(H,17,18). The zero-order valence-corrected chi connectivity index (χ0v) is 10.6. The first-order valence-corrected chi connectivity index (χ1v) is 6.22. The molecule has 0 atom stereocenters. The molecule has 0 unspecified atom stereocenters. The fraction of sp³-hybridized carbons (Fsp3) is 0.308. The molecular weight excluding hydrogens is 242 g/mol. The Morgan fingerprint density at radius 3 is 3.00 bits per heavy atom. The summed E-state index contributed by atoms with van der Waals surface area (Å²) in [5, 5.41) is 9.66. The van der Waals surface area contributed by atoms with Crippen LogP contribution in [0.3, 0.4) is 0 Å². The molecule has 98 valence electrons. The predicted octanol–water partition coefficient (Wildman–Crippen LogP) is 1.83. The van der Waals surface area contributed by atoms with Gasteiger partial charge in [0.2, 0.25) is 0 Å². The molecule has 6 nitrogen and oxygen atoms in total. The fourth-order valence-electron chi connectivity index (χ4n) is 2.00. The summed E-state index contributed by atoms with van der Waals surface area (Å²) in [6, 6.07) is 1.83. The highest BCUT2D eigenvalue weighted by Gasteiger charge is 2.30.